The quantitative estimate of drug-likeness (QED) is 0.0552. The topological polar surface area (TPSA) is 74.2 Å². The first-order chi connectivity index (χ1) is 21.4. The van der Waals surface area contributed by atoms with Crippen molar-refractivity contribution in [2.75, 3.05) is 13.2 Å². The number of hydrogen-bond acceptors (Lipinski definition) is 6. The molecule has 0 spiro atoms. The Morgan fingerprint density at radius 1 is 0.795 bits per heavy atom. The van der Waals surface area contributed by atoms with Crippen LogP contribution in [0.4, 0.5) is 5.69 Å². The molecule has 44 heavy (non-hydrogen) atoms. The maximum absolute atomic E-state index is 12.2. The highest BCUT2D eigenvalue weighted by Crippen LogP contribution is 2.24. The molecule has 0 bridgehead atoms. The molecule has 0 aliphatic heterocycles. The molecule has 0 saturated carbocycles. The van der Waals surface area contributed by atoms with E-state index in [0.717, 1.165) is 58.3 Å². The van der Waals surface area contributed by atoms with E-state index in [1.807, 2.05) is 72.8 Å². The number of carbonyl (C=O) groups is 2. The van der Waals surface area contributed by atoms with Gasteiger partial charge in [-0.3, -0.25) is 9.79 Å². The van der Waals surface area contributed by atoms with Crippen LogP contribution in [0.25, 0.3) is 11.1 Å². The summed E-state index contributed by atoms with van der Waals surface area (Å²) < 4.78 is 17.7. The molecule has 0 aliphatic carbocycles. The van der Waals surface area contributed by atoms with Crippen LogP contribution in [0.2, 0.25) is 0 Å². The zero-order valence-corrected chi connectivity index (χ0v) is 26.8. The lowest BCUT2D eigenvalue weighted by atomic mass is 10.0. The number of benzene rings is 4. The van der Waals surface area contributed by atoms with Gasteiger partial charge >= 0.3 is 11.9 Å². The van der Waals surface area contributed by atoms with E-state index in [-0.39, 0.29) is 11.9 Å². The highest BCUT2D eigenvalue weighted by molar-refractivity contribution is 9.10. The first-order valence-corrected chi connectivity index (χ1v) is 15.8. The van der Waals surface area contributed by atoms with E-state index < -0.39 is 0 Å². The van der Waals surface area contributed by atoms with Gasteiger partial charge in [0.2, 0.25) is 0 Å². The van der Waals surface area contributed by atoms with E-state index in [0.29, 0.717) is 36.9 Å². The van der Waals surface area contributed by atoms with E-state index in [1.165, 1.54) is 0 Å². The first kappa shape index (κ1) is 32.7. The third kappa shape index (κ3) is 10.8. The number of aliphatic imine (C=N–C) groups is 1. The summed E-state index contributed by atoms with van der Waals surface area (Å²) in [5, 5.41) is 0. The molecule has 0 N–H and O–H groups in total. The normalized spacial score (nSPS) is 11.7. The van der Waals surface area contributed by atoms with Crippen LogP contribution in [0.5, 0.6) is 11.5 Å². The van der Waals surface area contributed by atoms with E-state index in [1.54, 1.807) is 30.5 Å². The molecule has 0 amide bonds. The Morgan fingerprint density at radius 2 is 1.43 bits per heavy atom. The molecule has 0 saturated heterocycles. The highest BCUT2D eigenvalue weighted by atomic mass is 79.9. The smallest absolute Gasteiger partial charge is 0.338 e. The monoisotopic (exact) mass is 655 g/mol. The SMILES string of the molecule is CCC(C)COC(=O)c1ccc(-c2ccc(OCCCCCC(=O)Oc3ccc(C=Nc4ccc(Br)cc4)cc3)cc2)cc1. The number of rotatable bonds is 15. The number of ether oxygens (including phenoxy) is 3. The van der Waals surface area contributed by atoms with Gasteiger partial charge in [0.25, 0.3) is 0 Å². The second-order valence-corrected chi connectivity index (χ2v) is 11.6. The van der Waals surface area contributed by atoms with Crippen molar-refractivity contribution in [2.45, 2.75) is 46.0 Å². The minimum Gasteiger partial charge on any atom is -0.494 e. The number of halogens is 1. The third-order valence-corrected chi connectivity index (χ3v) is 7.63. The zero-order valence-electron chi connectivity index (χ0n) is 25.2. The Morgan fingerprint density at radius 3 is 2.09 bits per heavy atom. The van der Waals surface area contributed by atoms with Crippen LogP contribution in [-0.4, -0.2) is 31.4 Å². The van der Waals surface area contributed by atoms with Gasteiger partial charge in [-0.1, -0.05) is 60.5 Å². The Kier molecular flexibility index (Phi) is 12.7. The van der Waals surface area contributed by atoms with Gasteiger partial charge in [0.05, 0.1) is 24.5 Å². The number of unbranched alkanes of at least 4 members (excludes halogenated alkanes) is 2. The number of carbonyl (C=O) groups excluding carboxylic acids is 2. The largest absolute Gasteiger partial charge is 0.494 e. The van der Waals surface area contributed by atoms with Crippen LogP contribution in [0.1, 0.15) is 61.9 Å². The summed E-state index contributed by atoms with van der Waals surface area (Å²) in [5.74, 6) is 1.14. The standard InChI is InChI=1S/C37H38BrNO5/c1-3-27(2)26-43-37(41)31-12-10-29(11-13-31)30-14-22-34(23-15-30)42-24-6-4-5-7-36(40)44-35-20-8-28(9-21-35)25-39-33-18-16-32(38)17-19-33/h8-23,25,27H,3-7,24,26H2,1-2H3. The lowest BCUT2D eigenvalue weighted by molar-refractivity contribution is -0.134. The van der Waals surface area contributed by atoms with Crippen LogP contribution in [0.15, 0.2) is 107 Å². The first-order valence-electron chi connectivity index (χ1n) is 15.0. The Balaban J connectivity index is 1.10. The molecular weight excluding hydrogens is 618 g/mol. The van der Waals surface area contributed by atoms with Gasteiger partial charge in [-0.25, -0.2) is 4.79 Å². The van der Waals surface area contributed by atoms with Crippen LogP contribution in [0, 0.1) is 5.92 Å². The molecule has 0 aromatic heterocycles. The van der Waals surface area contributed by atoms with Crippen molar-refractivity contribution in [3.63, 3.8) is 0 Å². The maximum Gasteiger partial charge on any atom is 0.338 e. The van der Waals surface area contributed by atoms with E-state index in [4.69, 9.17) is 14.2 Å². The molecule has 6 nitrogen and oxygen atoms in total. The van der Waals surface area contributed by atoms with Gasteiger partial charge in [0.1, 0.15) is 11.5 Å². The van der Waals surface area contributed by atoms with Gasteiger partial charge in [0, 0.05) is 17.1 Å². The van der Waals surface area contributed by atoms with E-state index >= 15 is 0 Å². The van der Waals surface area contributed by atoms with Crippen molar-refractivity contribution in [2.24, 2.45) is 10.9 Å². The lowest BCUT2D eigenvalue weighted by Crippen LogP contribution is -2.11. The molecule has 1 atom stereocenters. The van der Waals surface area contributed by atoms with Crippen LogP contribution >= 0.6 is 15.9 Å². The molecule has 1 unspecified atom stereocenters. The fourth-order valence-electron chi connectivity index (χ4n) is 4.18. The lowest BCUT2D eigenvalue weighted by Gasteiger charge is -2.10. The molecule has 0 heterocycles. The molecule has 0 fully saturated rings. The van der Waals surface area contributed by atoms with Gasteiger partial charge in [0.15, 0.2) is 0 Å². The summed E-state index contributed by atoms with van der Waals surface area (Å²) >= 11 is 3.41. The van der Waals surface area contributed by atoms with Gasteiger partial charge in [-0.15, -0.1) is 0 Å². The molecule has 0 aliphatic rings. The van der Waals surface area contributed by atoms with Crippen LogP contribution < -0.4 is 9.47 Å². The Bertz CT molecular complexity index is 1500. The summed E-state index contributed by atoms with van der Waals surface area (Å²) in [4.78, 5) is 28.9. The molecule has 0 radical (unpaired) electrons. The van der Waals surface area contributed by atoms with Crippen molar-refractivity contribution < 1.29 is 23.8 Å². The number of nitrogens with zero attached hydrogens (tertiary/aromatic N) is 1. The fourth-order valence-corrected chi connectivity index (χ4v) is 4.44. The van der Waals surface area contributed by atoms with Crippen LogP contribution in [0.3, 0.4) is 0 Å². The van der Waals surface area contributed by atoms with E-state index in [2.05, 4.69) is 34.8 Å². The zero-order chi connectivity index (χ0) is 31.1. The van der Waals surface area contributed by atoms with Gasteiger partial charge in [-0.2, -0.15) is 0 Å². The van der Waals surface area contributed by atoms with Crippen LogP contribution in [-0.2, 0) is 9.53 Å². The minimum atomic E-state index is -0.290. The predicted octanol–water partition coefficient (Wildman–Crippen LogP) is 9.61. The Hall–Kier alpha value is -4.23. The predicted molar refractivity (Wildman–Crippen MR) is 179 cm³/mol. The number of esters is 2. The summed E-state index contributed by atoms with van der Waals surface area (Å²) in [7, 11) is 0. The second-order valence-electron chi connectivity index (χ2n) is 10.7. The average molecular weight is 657 g/mol. The molecule has 228 valence electrons. The van der Waals surface area contributed by atoms with Crippen molar-refractivity contribution in [3.05, 3.63) is 113 Å². The Labute approximate surface area is 268 Å². The van der Waals surface area contributed by atoms with Crippen molar-refractivity contribution in [1.29, 1.82) is 0 Å². The fraction of sp³-hybridized carbons (Fsp3) is 0.270. The summed E-state index contributed by atoms with van der Waals surface area (Å²) in [5.41, 5.74) is 4.40. The molecule has 7 heteroatoms. The minimum absolute atomic E-state index is 0.242. The van der Waals surface area contributed by atoms with Gasteiger partial charge in [-0.05, 0) is 115 Å². The van der Waals surface area contributed by atoms with Gasteiger partial charge < -0.3 is 14.2 Å². The van der Waals surface area contributed by atoms with E-state index in [9.17, 15) is 9.59 Å². The highest BCUT2D eigenvalue weighted by Gasteiger charge is 2.10. The summed E-state index contributed by atoms with van der Waals surface area (Å²) in [6, 6.07) is 30.4. The number of hydrogen-bond donors (Lipinski definition) is 0. The van der Waals surface area contributed by atoms with Crippen molar-refractivity contribution in [1.82, 2.24) is 0 Å². The maximum atomic E-state index is 12.2. The summed E-state index contributed by atoms with van der Waals surface area (Å²) in [6.07, 6.45) is 5.56. The average Bonchev–Trinajstić information content (AvgIpc) is 3.05. The second kappa shape index (κ2) is 17.2. The summed E-state index contributed by atoms with van der Waals surface area (Å²) in [6.45, 7) is 5.16. The molecule has 4 rings (SSSR count). The molecular formula is C37H38BrNO5. The van der Waals surface area contributed by atoms with Crippen molar-refractivity contribution >= 4 is 39.8 Å². The van der Waals surface area contributed by atoms with Crippen molar-refractivity contribution in [3.8, 4) is 22.6 Å². The third-order valence-electron chi connectivity index (χ3n) is 7.10. The molecule has 4 aromatic rings. The molecule has 4 aromatic carbocycles.